The molecule has 0 aromatic carbocycles. The predicted molar refractivity (Wildman–Crippen MR) is 59.3 cm³/mol. The summed E-state index contributed by atoms with van der Waals surface area (Å²) >= 11 is 0. The molecule has 0 amide bonds. The Morgan fingerprint density at radius 1 is 1.53 bits per heavy atom. The number of ether oxygens (including phenoxy) is 1. The molecule has 7 heteroatoms. The molecule has 0 radical (unpaired) electrons. The van der Waals surface area contributed by atoms with E-state index in [1.807, 2.05) is 0 Å². The highest BCUT2D eigenvalue weighted by Gasteiger charge is 2.12. The number of hydrogen-bond donors (Lipinski definition) is 2. The van der Waals surface area contributed by atoms with Crippen molar-refractivity contribution in [3.8, 4) is 0 Å². The van der Waals surface area contributed by atoms with Crippen LogP contribution in [0.5, 0.6) is 0 Å². The van der Waals surface area contributed by atoms with Crippen molar-refractivity contribution in [3.05, 3.63) is 36.0 Å². The number of rotatable bonds is 4. The number of anilines is 1. The van der Waals surface area contributed by atoms with Gasteiger partial charge >= 0.3 is 5.97 Å². The Hall–Kier alpha value is -2.44. The second kappa shape index (κ2) is 5.06. The molecule has 0 aliphatic carbocycles. The minimum absolute atomic E-state index is 0.384. The Morgan fingerprint density at radius 3 is 3.12 bits per heavy atom. The highest BCUT2D eigenvalue weighted by atomic mass is 16.5. The number of aromatic amines is 1. The zero-order chi connectivity index (χ0) is 12.1. The minimum Gasteiger partial charge on any atom is -0.465 e. The SMILES string of the molecule is COC(=O)c1cccnc1NCc1ncn[nH]1. The summed E-state index contributed by atoms with van der Waals surface area (Å²) < 4.78 is 4.66. The highest BCUT2D eigenvalue weighted by Crippen LogP contribution is 2.12. The van der Waals surface area contributed by atoms with E-state index in [0.29, 0.717) is 23.8 Å². The molecule has 2 aromatic rings. The molecule has 2 N–H and O–H groups in total. The molecule has 88 valence electrons. The van der Waals surface area contributed by atoms with Crippen LogP contribution in [-0.2, 0) is 11.3 Å². The van der Waals surface area contributed by atoms with Gasteiger partial charge < -0.3 is 10.1 Å². The Labute approximate surface area is 97.2 Å². The summed E-state index contributed by atoms with van der Waals surface area (Å²) in [5.41, 5.74) is 0.384. The standard InChI is InChI=1S/C10H11N5O2/c1-17-10(16)7-3-2-4-11-9(7)12-5-8-13-6-14-15-8/h2-4,6H,5H2,1H3,(H,11,12)(H,13,14,15). The number of H-pyrrole nitrogens is 1. The third-order valence-corrected chi connectivity index (χ3v) is 2.10. The van der Waals surface area contributed by atoms with E-state index in [0.717, 1.165) is 0 Å². The number of aromatic nitrogens is 4. The van der Waals surface area contributed by atoms with Gasteiger partial charge in [-0.15, -0.1) is 0 Å². The molecule has 0 spiro atoms. The summed E-state index contributed by atoms with van der Waals surface area (Å²) in [6, 6.07) is 3.31. The van der Waals surface area contributed by atoms with Gasteiger partial charge in [0.15, 0.2) is 0 Å². The number of hydrogen-bond acceptors (Lipinski definition) is 6. The Balaban J connectivity index is 2.12. The number of nitrogens with one attached hydrogen (secondary N) is 2. The van der Waals surface area contributed by atoms with Gasteiger partial charge in [-0.25, -0.2) is 14.8 Å². The number of methoxy groups -OCH3 is 1. The molecule has 0 aliphatic heterocycles. The number of nitrogens with zero attached hydrogens (tertiary/aromatic N) is 3. The fraction of sp³-hybridized carbons (Fsp3) is 0.200. The van der Waals surface area contributed by atoms with E-state index in [4.69, 9.17) is 0 Å². The van der Waals surface area contributed by atoms with Crippen LogP contribution in [-0.4, -0.2) is 33.2 Å². The summed E-state index contributed by atoms with van der Waals surface area (Å²) in [5, 5.41) is 9.41. The van der Waals surface area contributed by atoms with E-state index in [1.165, 1.54) is 13.4 Å². The minimum atomic E-state index is -0.432. The van der Waals surface area contributed by atoms with Crippen LogP contribution in [0, 0.1) is 0 Å². The molecule has 17 heavy (non-hydrogen) atoms. The van der Waals surface area contributed by atoms with Gasteiger partial charge in [0.1, 0.15) is 23.5 Å². The summed E-state index contributed by atoms with van der Waals surface area (Å²) in [7, 11) is 1.33. The fourth-order valence-corrected chi connectivity index (χ4v) is 1.30. The lowest BCUT2D eigenvalue weighted by Gasteiger charge is -2.07. The third kappa shape index (κ3) is 2.57. The Bertz CT molecular complexity index is 497. The van der Waals surface area contributed by atoms with Crippen LogP contribution in [0.25, 0.3) is 0 Å². The molecule has 2 aromatic heterocycles. The van der Waals surface area contributed by atoms with E-state index >= 15 is 0 Å². The molecule has 0 bridgehead atoms. The summed E-state index contributed by atoms with van der Waals surface area (Å²) in [6.07, 6.45) is 3.01. The second-order valence-electron chi connectivity index (χ2n) is 3.18. The number of carbonyl (C=O) groups is 1. The van der Waals surface area contributed by atoms with Crippen molar-refractivity contribution in [2.45, 2.75) is 6.54 Å². The van der Waals surface area contributed by atoms with Gasteiger partial charge in [-0.2, -0.15) is 5.10 Å². The van der Waals surface area contributed by atoms with Crippen molar-refractivity contribution in [2.24, 2.45) is 0 Å². The molecule has 2 rings (SSSR count). The molecule has 7 nitrogen and oxygen atoms in total. The first-order valence-electron chi connectivity index (χ1n) is 4.92. The fourth-order valence-electron chi connectivity index (χ4n) is 1.30. The van der Waals surface area contributed by atoms with Crippen molar-refractivity contribution in [3.63, 3.8) is 0 Å². The number of carbonyl (C=O) groups excluding carboxylic acids is 1. The van der Waals surface area contributed by atoms with Crippen molar-refractivity contribution in [1.82, 2.24) is 20.2 Å². The van der Waals surface area contributed by atoms with E-state index in [2.05, 4.69) is 30.2 Å². The lowest BCUT2D eigenvalue weighted by Crippen LogP contribution is -2.10. The molecule has 2 heterocycles. The van der Waals surface area contributed by atoms with E-state index in [1.54, 1.807) is 18.3 Å². The molecule has 0 aliphatic rings. The van der Waals surface area contributed by atoms with Crippen molar-refractivity contribution in [2.75, 3.05) is 12.4 Å². The van der Waals surface area contributed by atoms with E-state index < -0.39 is 5.97 Å². The molecule has 0 unspecified atom stereocenters. The van der Waals surface area contributed by atoms with Gasteiger partial charge in [0.2, 0.25) is 0 Å². The molecule has 0 saturated heterocycles. The monoisotopic (exact) mass is 233 g/mol. The van der Waals surface area contributed by atoms with Crippen molar-refractivity contribution >= 4 is 11.8 Å². The largest absolute Gasteiger partial charge is 0.465 e. The maximum atomic E-state index is 11.5. The zero-order valence-corrected chi connectivity index (χ0v) is 9.17. The van der Waals surface area contributed by atoms with E-state index in [9.17, 15) is 4.79 Å². The van der Waals surface area contributed by atoms with Gasteiger partial charge in [0.25, 0.3) is 0 Å². The van der Waals surface area contributed by atoms with Gasteiger partial charge in [0.05, 0.1) is 13.7 Å². The van der Waals surface area contributed by atoms with Gasteiger partial charge in [-0.05, 0) is 12.1 Å². The Kier molecular flexibility index (Phi) is 3.29. The maximum absolute atomic E-state index is 11.5. The lowest BCUT2D eigenvalue weighted by atomic mass is 10.2. The summed E-state index contributed by atoms with van der Waals surface area (Å²) in [6.45, 7) is 0.404. The molecule has 0 saturated carbocycles. The zero-order valence-electron chi connectivity index (χ0n) is 9.17. The van der Waals surface area contributed by atoms with Crippen LogP contribution in [0.2, 0.25) is 0 Å². The first-order valence-corrected chi connectivity index (χ1v) is 4.92. The van der Waals surface area contributed by atoms with Gasteiger partial charge in [0, 0.05) is 6.20 Å². The quantitative estimate of drug-likeness (QED) is 0.751. The first-order chi connectivity index (χ1) is 8.31. The van der Waals surface area contributed by atoms with Crippen LogP contribution in [0.15, 0.2) is 24.7 Å². The lowest BCUT2D eigenvalue weighted by molar-refractivity contribution is 0.0601. The molecule has 0 atom stereocenters. The normalized spacial score (nSPS) is 9.94. The van der Waals surface area contributed by atoms with E-state index in [-0.39, 0.29) is 0 Å². The van der Waals surface area contributed by atoms with Crippen molar-refractivity contribution < 1.29 is 9.53 Å². The average Bonchev–Trinajstić information content (AvgIpc) is 2.89. The topological polar surface area (TPSA) is 92.8 Å². The average molecular weight is 233 g/mol. The number of pyridine rings is 1. The van der Waals surface area contributed by atoms with Crippen LogP contribution in [0.4, 0.5) is 5.82 Å². The van der Waals surface area contributed by atoms with Crippen LogP contribution in [0.1, 0.15) is 16.2 Å². The highest BCUT2D eigenvalue weighted by molar-refractivity contribution is 5.94. The molecular formula is C10H11N5O2. The van der Waals surface area contributed by atoms with Crippen LogP contribution in [0.3, 0.4) is 0 Å². The van der Waals surface area contributed by atoms with Crippen LogP contribution >= 0.6 is 0 Å². The predicted octanol–water partition coefficient (Wildman–Crippen LogP) is 0.598. The van der Waals surface area contributed by atoms with Crippen molar-refractivity contribution in [1.29, 1.82) is 0 Å². The second-order valence-corrected chi connectivity index (χ2v) is 3.18. The smallest absolute Gasteiger partial charge is 0.341 e. The summed E-state index contributed by atoms with van der Waals surface area (Å²) in [5.74, 6) is 0.681. The number of esters is 1. The molecule has 0 fully saturated rings. The third-order valence-electron chi connectivity index (χ3n) is 2.10. The maximum Gasteiger partial charge on any atom is 0.341 e. The molecular weight excluding hydrogens is 222 g/mol. The van der Waals surface area contributed by atoms with Crippen LogP contribution < -0.4 is 5.32 Å². The first kappa shape index (κ1) is 11.1. The van der Waals surface area contributed by atoms with Gasteiger partial charge in [-0.3, -0.25) is 5.10 Å². The van der Waals surface area contributed by atoms with Gasteiger partial charge in [-0.1, -0.05) is 0 Å². The summed E-state index contributed by atoms with van der Waals surface area (Å²) in [4.78, 5) is 19.5. The Morgan fingerprint density at radius 2 is 2.41 bits per heavy atom.